The number of benzene rings is 1. The van der Waals surface area contributed by atoms with E-state index in [1.807, 2.05) is 41.8 Å². The quantitative estimate of drug-likeness (QED) is 0.341. The van der Waals surface area contributed by atoms with E-state index < -0.39 is 24.0 Å². The number of amides is 2. The van der Waals surface area contributed by atoms with Gasteiger partial charge in [0.2, 0.25) is 0 Å². The molecule has 1 aromatic heterocycles. The zero-order chi connectivity index (χ0) is 21.5. The minimum Gasteiger partial charge on any atom is -0.398 e. The Balaban J connectivity index is 1.50. The number of rotatable bonds is 9. The number of thioether (sulfide) groups is 1. The molecule has 5 N–H and O–H groups in total. The Kier molecular flexibility index (Phi) is 8.15. The second kappa shape index (κ2) is 10.8. The molecule has 0 spiro atoms. The van der Waals surface area contributed by atoms with Gasteiger partial charge >= 0.3 is 0 Å². The highest BCUT2D eigenvalue weighted by atomic mass is 32.2. The second-order valence-corrected chi connectivity index (χ2v) is 9.28. The second-order valence-electron chi connectivity index (χ2n) is 7.19. The van der Waals surface area contributed by atoms with E-state index in [0.717, 1.165) is 22.6 Å². The average Bonchev–Trinajstić information content (AvgIpc) is 3.43. The number of nitrogens with two attached hydrogens (primary N) is 1. The van der Waals surface area contributed by atoms with Crippen molar-refractivity contribution in [1.29, 1.82) is 0 Å². The number of nitrogens with zero attached hydrogens (tertiary/aromatic N) is 1. The Morgan fingerprint density at radius 1 is 1.23 bits per heavy atom. The van der Waals surface area contributed by atoms with Crippen LogP contribution in [0.15, 0.2) is 46.7 Å². The molecule has 3 atom stereocenters. The Labute approximate surface area is 184 Å². The smallest absolute Gasteiger partial charge is 0.254 e. The predicted octanol–water partition coefficient (Wildman–Crippen LogP) is 1.49. The van der Waals surface area contributed by atoms with Gasteiger partial charge in [0.1, 0.15) is 0 Å². The third-order valence-corrected chi connectivity index (χ3v) is 7.25. The fourth-order valence-corrected chi connectivity index (χ4v) is 5.25. The molecule has 1 aromatic carbocycles. The van der Waals surface area contributed by atoms with Crippen molar-refractivity contribution in [3.63, 3.8) is 0 Å². The minimum absolute atomic E-state index is 0.0779. The summed E-state index contributed by atoms with van der Waals surface area (Å²) in [4.78, 5) is 28.5. The molecule has 0 aliphatic carbocycles. The van der Waals surface area contributed by atoms with Crippen LogP contribution in [0.4, 0.5) is 5.69 Å². The molecule has 1 saturated heterocycles. The van der Waals surface area contributed by atoms with Crippen LogP contribution in [0.5, 0.6) is 0 Å². The van der Waals surface area contributed by atoms with Gasteiger partial charge in [0.15, 0.2) is 12.2 Å². The van der Waals surface area contributed by atoms with E-state index in [9.17, 15) is 19.8 Å². The maximum absolute atomic E-state index is 12.7. The monoisotopic (exact) mass is 449 g/mol. The highest BCUT2D eigenvalue weighted by Crippen LogP contribution is 2.29. The SMILES string of the molecule is Nc1ccccc1SCC1CCCN1C(=O)C(O)C(O)C(=O)NCCc1cccs1. The maximum Gasteiger partial charge on any atom is 0.254 e. The molecule has 3 rings (SSSR count). The van der Waals surface area contributed by atoms with E-state index in [-0.39, 0.29) is 6.04 Å². The van der Waals surface area contributed by atoms with Gasteiger partial charge in [0.05, 0.1) is 0 Å². The number of para-hydroxylation sites is 1. The first-order valence-electron chi connectivity index (χ1n) is 9.91. The van der Waals surface area contributed by atoms with Crippen LogP contribution in [0.2, 0.25) is 0 Å². The van der Waals surface area contributed by atoms with Crippen LogP contribution in [-0.2, 0) is 16.0 Å². The lowest BCUT2D eigenvalue weighted by atomic mass is 10.1. The van der Waals surface area contributed by atoms with Crippen LogP contribution in [0, 0.1) is 0 Å². The van der Waals surface area contributed by atoms with Crippen LogP contribution >= 0.6 is 23.1 Å². The van der Waals surface area contributed by atoms with E-state index in [2.05, 4.69) is 5.32 Å². The zero-order valence-electron chi connectivity index (χ0n) is 16.6. The third-order valence-electron chi connectivity index (χ3n) is 5.08. The van der Waals surface area contributed by atoms with Gasteiger partial charge in [-0.1, -0.05) is 18.2 Å². The van der Waals surface area contributed by atoms with Crippen LogP contribution in [-0.4, -0.2) is 64.0 Å². The van der Waals surface area contributed by atoms with Crippen molar-refractivity contribution in [2.24, 2.45) is 0 Å². The molecule has 1 aliphatic heterocycles. The molecule has 0 saturated carbocycles. The summed E-state index contributed by atoms with van der Waals surface area (Å²) in [6.07, 6.45) is -1.31. The standard InChI is InChI=1S/C21H27N3O4S2/c22-16-7-1-2-8-17(16)30-13-14-5-3-11-24(14)21(28)19(26)18(25)20(27)23-10-9-15-6-4-12-29-15/h1-2,4,6-8,12,14,18-19,25-26H,3,5,9-11,13,22H2,(H,23,27). The van der Waals surface area contributed by atoms with E-state index >= 15 is 0 Å². The molecule has 7 nitrogen and oxygen atoms in total. The largest absolute Gasteiger partial charge is 0.398 e. The predicted molar refractivity (Wildman–Crippen MR) is 119 cm³/mol. The van der Waals surface area contributed by atoms with E-state index in [1.54, 1.807) is 28.0 Å². The number of hydrogen-bond donors (Lipinski definition) is 4. The molecule has 0 radical (unpaired) electrons. The van der Waals surface area contributed by atoms with Crippen LogP contribution in [0.3, 0.4) is 0 Å². The number of nitrogen functional groups attached to an aromatic ring is 1. The lowest BCUT2D eigenvalue weighted by Crippen LogP contribution is -2.52. The van der Waals surface area contributed by atoms with Crippen molar-refractivity contribution in [3.8, 4) is 0 Å². The lowest BCUT2D eigenvalue weighted by Gasteiger charge is -2.28. The summed E-state index contributed by atoms with van der Waals surface area (Å²) < 4.78 is 0. The van der Waals surface area contributed by atoms with Crippen LogP contribution < -0.4 is 11.1 Å². The summed E-state index contributed by atoms with van der Waals surface area (Å²) in [7, 11) is 0. The van der Waals surface area contributed by atoms with Gasteiger partial charge in [-0.15, -0.1) is 23.1 Å². The Morgan fingerprint density at radius 2 is 2.03 bits per heavy atom. The minimum atomic E-state index is -1.79. The third kappa shape index (κ3) is 5.75. The Hall–Kier alpha value is -2.07. The summed E-state index contributed by atoms with van der Waals surface area (Å²) in [5.74, 6) is -0.717. The highest BCUT2D eigenvalue weighted by molar-refractivity contribution is 7.99. The fraction of sp³-hybridized carbons (Fsp3) is 0.429. The summed E-state index contributed by atoms with van der Waals surface area (Å²) in [5.41, 5.74) is 6.66. The van der Waals surface area contributed by atoms with Gasteiger partial charge in [-0.2, -0.15) is 0 Å². The van der Waals surface area contributed by atoms with Gasteiger partial charge in [-0.25, -0.2) is 0 Å². The van der Waals surface area contributed by atoms with E-state index in [4.69, 9.17) is 5.73 Å². The van der Waals surface area contributed by atoms with Crippen LogP contribution in [0.25, 0.3) is 0 Å². The van der Waals surface area contributed by atoms with Gasteiger partial charge < -0.3 is 26.2 Å². The number of nitrogens with one attached hydrogen (secondary N) is 1. The molecule has 9 heteroatoms. The van der Waals surface area contributed by atoms with E-state index in [1.165, 1.54) is 0 Å². The van der Waals surface area contributed by atoms with Crippen molar-refractivity contribution in [2.45, 2.75) is 42.4 Å². The number of likely N-dealkylation sites (tertiary alicyclic amines) is 1. The lowest BCUT2D eigenvalue weighted by molar-refractivity contribution is -0.153. The van der Waals surface area contributed by atoms with Gasteiger partial charge in [-0.05, 0) is 42.8 Å². The van der Waals surface area contributed by atoms with Crippen molar-refractivity contribution in [2.75, 3.05) is 24.6 Å². The summed E-state index contributed by atoms with van der Waals surface area (Å²) in [5, 5.41) is 25.0. The summed E-state index contributed by atoms with van der Waals surface area (Å²) in [6.45, 7) is 0.830. The first-order chi connectivity index (χ1) is 14.5. The van der Waals surface area contributed by atoms with Gasteiger partial charge in [0.25, 0.3) is 11.8 Å². The number of hydrogen-bond acceptors (Lipinski definition) is 7. The number of carbonyl (C=O) groups is 2. The number of thiophene rings is 1. The molecule has 162 valence electrons. The Morgan fingerprint density at radius 3 is 2.77 bits per heavy atom. The normalized spacial score (nSPS) is 18.2. The maximum atomic E-state index is 12.7. The molecule has 2 amide bonds. The molecule has 2 heterocycles. The first-order valence-corrected chi connectivity index (χ1v) is 11.8. The van der Waals surface area contributed by atoms with Crippen molar-refractivity contribution in [3.05, 3.63) is 46.7 Å². The molecular formula is C21H27N3O4S2. The molecular weight excluding hydrogens is 422 g/mol. The molecule has 3 unspecified atom stereocenters. The topological polar surface area (TPSA) is 116 Å². The van der Waals surface area contributed by atoms with Crippen molar-refractivity contribution >= 4 is 40.6 Å². The van der Waals surface area contributed by atoms with Crippen molar-refractivity contribution < 1.29 is 19.8 Å². The van der Waals surface area contributed by atoms with Crippen LogP contribution in [0.1, 0.15) is 17.7 Å². The molecule has 0 bridgehead atoms. The first kappa shape index (κ1) is 22.6. The van der Waals surface area contributed by atoms with Gasteiger partial charge in [-0.3, -0.25) is 9.59 Å². The van der Waals surface area contributed by atoms with Gasteiger partial charge in [0, 0.05) is 40.3 Å². The average molecular weight is 450 g/mol. The Bertz CT molecular complexity index is 847. The van der Waals surface area contributed by atoms with E-state index in [0.29, 0.717) is 31.0 Å². The molecule has 2 aromatic rings. The zero-order valence-corrected chi connectivity index (χ0v) is 18.2. The molecule has 30 heavy (non-hydrogen) atoms. The number of anilines is 1. The number of carbonyl (C=O) groups excluding carboxylic acids is 2. The number of aliphatic hydroxyl groups excluding tert-OH is 2. The van der Waals surface area contributed by atoms with Crippen molar-refractivity contribution in [1.82, 2.24) is 10.2 Å². The summed E-state index contributed by atoms with van der Waals surface area (Å²) >= 11 is 3.14. The molecule has 1 aliphatic rings. The fourth-order valence-electron chi connectivity index (χ4n) is 3.41. The highest BCUT2D eigenvalue weighted by Gasteiger charge is 2.37. The number of aliphatic hydroxyl groups is 2. The summed E-state index contributed by atoms with van der Waals surface area (Å²) in [6, 6.07) is 11.3. The molecule has 1 fully saturated rings.